The van der Waals surface area contributed by atoms with Crippen molar-refractivity contribution in [1.29, 1.82) is 0 Å². The molecule has 0 rings (SSSR count). The summed E-state index contributed by atoms with van der Waals surface area (Å²) in [7, 11) is 0. The summed E-state index contributed by atoms with van der Waals surface area (Å²) in [6.45, 7) is 2.39. The van der Waals surface area contributed by atoms with Gasteiger partial charge in [0.25, 0.3) is 0 Å². The van der Waals surface area contributed by atoms with Crippen molar-refractivity contribution < 1.29 is 5.11 Å². The Balaban J connectivity index is 3.96. The average Bonchev–Trinajstić information content (AvgIpc) is 2.36. The normalized spacial score (nSPS) is 13.1. The number of rotatable bonds is 10. The summed E-state index contributed by atoms with van der Waals surface area (Å²) >= 11 is 0. The predicted molar refractivity (Wildman–Crippen MR) is 72.9 cm³/mol. The summed E-state index contributed by atoms with van der Waals surface area (Å²) < 4.78 is 0. The number of hydrazone groups is 2. The van der Waals surface area contributed by atoms with Crippen LogP contribution in [0.1, 0.15) is 58.3 Å². The first-order valence-corrected chi connectivity index (χ1v) is 6.44. The van der Waals surface area contributed by atoms with Crippen molar-refractivity contribution >= 4 is 11.4 Å². The first-order chi connectivity index (χ1) is 8.29. The van der Waals surface area contributed by atoms with E-state index in [0.717, 1.165) is 62.8 Å². The fraction of sp³-hybridized carbons (Fsp3) is 0.833. The summed E-state index contributed by atoms with van der Waals surface area (Å²) in [5, 5.41) is 16.2. The maximum atomic E-state index is 8.66. The van der Waals surface area contributed by atoms with Crippen molar-refractivity contribution in [1.82, 2.24) is 0 Å². The maximum absolute atomic E-state index is 8.66. The summed E-state index contributed by atoms with van der Waals surface area (Å²) in [5.41, 5.74) is 1.65. The van der Waals surface area contributed by atoms with Gasteiger partial charge >= 0.3 is 0 Å². The lowest BCUT2D eigenvalue weighted by molar-refractivity contribution is 0.283. The SMILES string of the molecule is CCCCC(=NN)C(CCCCCCO)=NN. The monoisotopic (exact) mass is 242 g/mol. The van der Waals surface area contributed by atoms with Gasteiger partial charge in [-0.25, -0.2) is 0 Å². The van der Waals surface area contributed by atoms with E-state index in [9.17, 15) is 0 Å². The first kappa shape index (κ1) is 15.9. The molecule has 0 fully saturated rings. The van der Waals surface area contributed by atoms with E-state index in [4.69, 9.17) is 16.8 Å². The third-order valence-electron chi connectivity index (χ3n) is 2.73. The van der Waals surface area contributed by atoms with E-state index in [-0.39, 0.29) is 6.61 Å². The molecule has 0 aliphatic carbocycles. The Morgan fingerprint density at radius 2 is 1.41 bits per heavy atom. The van der Waals surface area contributed by atoms with Crippen molar-refractivity contribution in [3.8, 4) is 0 Å². The minimum absolute atomic E-state index is 0.268. The highest BCUT2D eigenvalue weighted by molar-refractivity contribution is 6.42. The Labute approximate surface area is 104 Å². The van der Waals surface area contributed by atoms with E-state index in [1.54, 1.807) is 0 Å². The summed E-state index contributed by atoms with van der Waals surface area (Å²) in [6, 6.07) is 0. The molecule has 0 radical (unpaired) electrons. The van der Waals surface area contributed by atoms with Crippen molar-refractivity contribution in [2.45, 2.75) is 58.3 Å². The van der Waals surface area contributed by atoms with E-state index in [1.807, 2.05) is 0 Å². The molecule has 0 saturated carbocycles. The van der Waals surface area contributed by atoms with Crippen LogP contribution in [-0.2, 0) is 0 Å². The molecule has 17 heavy (non-hydrogen) atoms. The van der Waals surface area contributed by atoms with Crippen molar-refractivity contribution in [2.24, 2.45) is 21.9 Å². The second-order valence-corrected chi connectivity index (χ2v) is 4.14. The maximum Gasteiger partial charge on any atom is 0.0832 e. The smallest absolute Gasteiger partial charge is 0.0832 e. The Hall–Kier alpha value is -1.10. The molecular formula is C12H26N4O. The fourth-order valence-corrected chi connectivity index (χ4v) is 1.67. The van der Waals surface area contributed by atoms with Gasteiger partial charge < -0.3 is 16.8 Å². The van der Waals surface area contributed by atoms with E-state index in [2.05, 4.69) is 17.1 Å². The van der Waals surface area contributed by atoms with Gasteiger partial charge in [-0.3, -0.25) is 0 Å². The lowest BCUT2D eigenvalue weighted by Gasteiger charge is -2.07. The summed E-state index contributed by atoms with van der Waals surface area (Å²) in [4.78, 5) is 0. The van der Waals surface area contributed by atoms with Gasteiger partial charge in [0, 0.05) is 6.61 Å². The number of nitrogens with zero attached hydrogens (tertiary/aromatic N) is 2. The van der Waals surface area contributed by atoms with Crippen molar-refractivity contribution in [2.75, 3.05) is 6.61 Å². The third kappa shape index (κ3) is 7.74. The molecule has 0 unspecified atom stereocenters. The Morgan fingerprint density at radius 1 is 0.882 bits per heavy atom. The van der Waals surface area contributed by atoms with Gasteiger partial charge in [0.1, 0.15) is 0 Å². The van der Waals surface area contributed by atoms with Crippen LogP contribution in [0.25, 0.3) is 0 Å². The largest absolute Gasteiger partial charge is 0.396 e. The number of nitrogens with two attached hydrogens (primary N) is 2. The highest BCUT2D eigenvalue weighted by Crippen LogP contribution is 2.07. The molecule has 0 amide bonds. The third-order valence-corrected chi connectivity index (χ3v) is 2.73. The zero-order chi connectivity index (χ0) is 12.9. The molecule has 100 valence electrons. The summed E-state index contributed by atoms with van der Waals surface area (Å²) in [6.07, 6.45) is 7.82. The molecule has 0 aliphatic heterocycles. The van der Waals surface area contributed by atoms with E-state index in [1.165, 1.54) is 0 Å². The molecule has 0 spiro atoms. The van der Waals surface area contributed by atoms with Gasteiger partial charge in [-0.1, -0.05) is 26.2 Å². The number of hydrogen-bond donors (Lipinski definition) is 3. The Kier molecular flexibility index (Phi) is 10.7. The van der Waals surface area contributed by atoms with Gasteiger partial charge in [-0.15, -0.1) is 0 Å². The Bertz CT molecular complexity index is 239. The summed E-state index contributed by atoms with van der Waals surface area (Å²) in [5.74, 6) is 10.7. The van der Waals surface area contributed by atoms with Gasteiger partial charge in [0.2, 0.25) is 0 Å². The van der Waals surface area contributed by atoms with E-state index >= 15 is 0 Å². The van der Waals surface area contributed by atoms with Crippen LogP contribution in [0.3, 0.4) is 0 Å². The predicted octanol–water partition coefficient (Wildman–Crippen LogP) is 1.75. The van der Waals surface area contributed by atoms with Crippen molar-refractivity contribution in [3.05, 3.63) is 0 Å². The van der Waals surface area contributed by atoms with Crippen LogP contribution >= 0.6 is 0 Å². The van der Waals surface area contributed by atoms with Crippen LogP contribution in [0.2, 0.25) is 0 Å². The van der Waals surface area contributed by atoms with Gasteiger partial charge in [-0.2, -0.15) is 10.2 Å². The zero-order valence-corrected chi connectivity index (χ0v) is 10.9. The number of unbranched alkanes of at least 4 members (excludes halogenated alkanes) is 4. The van der Waals surface area contributed by atoms with Crippen LogP contribution in [0.15, 0.2) is 10.2 Å². The molecular weight excluding hydrogens is 216 g/mol. The number of aliphatic hydroxyl groups is 1. The standard InChI is InChI=1S/C12H26N4O/c1-2-3-8-11(15-13)12(16-14)9-6-4-5-7-10-17/h17H,2-10,13-14H2,1H3. The molecule has 5 heteroatoms. The second-order valence-electron chi connectivity index (χ2n) is 4.14. The van der Waals surface area contributed by atoms with Crippen LogP contribution in [-0.4, -0.2) is 23.1 Å². The van der Waals surface area contributed by atoms with Gasteiger partial charge in [0.15, 0.2) is 0 Å². The Morgan fingerprint density at radius 3 is 1.88 bits per heavy atom. The molecule has 0 saturated heterocycles. The molecule has 0 aromatic rings. The van der Waals surface area contributed by atoms with Gasteiger partial charge in [0.05, 0.1) is 11.4 Å². The topological polar surface area (TPSA) is 97.0 Å². The van der Waals surface area contributed by atoms with Crippen LogP contribution in [0, 0.1) is 0 Å². The number of hydrogen-bond acceptors (Lipinski definition) is 5. The highest BCUT2D eigenvalue weighted by Gasteiger charge is 2.08. The molecule has 5 nitrogen and oxygen atoms in total. The average molecular weight is 242 g/mol. The lowest BCUT2D eigenvalue weighted by atomic mass is 10.0. The molecule has 0 heterocycles. The first-order valence-electron chi connectivity index (χ1n) is 6.44. The molecule has 5 N–H and O–H groups in total. The van der Waals surface area contributed by atoms with E-state index < -0.39 is 0 Å². The minimum atomic E-state index is 0.268. The molecule has 0 bridgehead atoms. The fourth-order valence-electron chi connectivity index (χ4n) is 1.67. The van der Waals surface area contributed by atoms with Gasteiger partial charge in [-0.05, 0) is 32.1 Å². The minimum Gasteiger partial charge on any atom is -0.396 e. The van der Waals surface area contributed by atoms with E-state index in [0.29, 0.717) is 0 Å². The molecule has 0 aliphatic rings. The zero-order valence-electron chi connectivity index (χ0n) is 10.9. The van der Waals surface area contributed by atoms with Crippen LogP contribution in [0.5, 0.6) is 0 Å². The van der Waals surface area contributed by atoms with Crippen LogP contribution in [0.4, 0.5) is 0 Å². The second kappa shape index (κ2) is 11.4. The highest BCUT2D eigenvalue weighted by atomic mass is 16.2. The van der Waals surface area contributed by atoms with Crippen LogP contribution < -0.4 is 11.7 Å². The molecule has 0 atom stereocenters. The molecule has 0 aromatic heterocycles. The molecule has 0 aromatic carbocycles. The number of aliphatic hydroxyl groups excluding tert-OH is 1. The van der Waals surface area contributed by atoms with Crippen molar-refractivity contribution in [3.63, 3.8) is 0 Å². The quantitative estimate of drug-likeness (QED) is 0.235. The lowest BCUT2D eigenvalue weighted by Crippen LogP contribution is -2.18.